The zero-order valence-electron chi connectivity index (χ0n) is 12.4. The van der Waals surface area contributed by atoms with Gasteiger partial charge in [0.25, 0.3) is 0 Å². The summed E-state index contributed by atoms with van der Waals surface area (Å²) in [5.74, 6) is 0.0463. The Labute approximate surface area is 120 Å². The molecule has 1 atom stereocenters. The van der Waals surface area contributed by atoms with Gasteiger partial charge in [-0.05, 0) is 26.2 Å². The van der Waals surface area contributed by atoms with Crippen LogP contribution in [0.2, 0.25) is 0 Å². The topological polar surface area (TPSA) is 60.9 Å². The summed E-state index contributed by atoms with van der Waals surface area (Å²) in [6.07, 6.45) is 5.55. The Balaban J connectivity index is 1.92. The predicted molar refractivity (Wildman–Crippen MR) is 76.0 cm³/mol. The summed E-state index contributed by atoms with van der Waals surface area (Å²) in [6.45, 7) is 3.87. The van der Waals surface area contributed by atoms with Crippen LogP contribution in [0.4, 0.5) is 0 Å². The number of nitrogens with zero attached hydrogens (tertiary/aromatic N) is 2. The predicted octanol–water partition coefficient (Wildman–Crippen LogP) is 1.01. The van der Waals surface area contributed by atoms with Crippen molar-refractivity contribution in [2.24, 2.45) is 5.92 Å². The molecule has 1 unspecified atom stereocenters. The number of rotatable bonds is 6. The van der Waals surface area contributed by atoms with Crippen molar-refractivity contribution < 1.29 is 14.7 Å². The van der Waals surface area contributed by atoms with E-state index in [1.165, 1.54) is 12.8 Å². The summed E-state index contributed by atoms with van der Waals surface area (Å²) in [5.41, 5.74) is 0. The normalized spacial score (nSPS) is 23.6. The van der Waals surface area contributed by atoms with Crippen molar-refractivity contribution in [3.8, 4) is 0 Å². The molecule has 0 aromatic heterocycles. The lowest BCUT2D eigenvalue weighted by Crippen LogP contribution is -2.39. The van der Waals surface area contributed by atoms with Gasteiger partial charge in [0.05, 0.1) is 5.92 Å². The maximum atomic E-state index is 12.5. The third-order valence-electron chi connectivity index (χ3n) is 4.55. The summed E-state index contributed by atoms with van der Waals surface area (Å²) in [4.78, 5) is 28.3. The molecule has 0 aromatic carbocycles. The standard InChI is InChI=1S/C15H26N2O3/c1-2-16(8-5-9-18)15(20)12-10-14(19)17(11-12)13-6-3-4-7-13/h12-13,18H,2-11H2,1H3. The Morgan fingerprint density at radius 2 is 2.10 bits per heavy atom. The third-order valence-corrected chi connectivity index (χ3v) is 4.55. The molecule has 114 valence electrons. The Kier molecular flexibility index (Phi) is 5.40. The van der Waals surface area contributed by atoms with Crippen LogP contribution in [0.5, 0.6) is 0 Å². The fourth-order valence-electron chi connectivity index (χ4n) is 3.41. The minimum absolute atomic E-state index is 0.0785. The maximum absolute atomic E-state index is 12.5. The van der Waals surface area contributed by atoms with Crippen molar-refractivity contribution in [2.75, 3.05) is 26.2 Å². The van der Waals surface area contributed by atoms with E-state index < -0.39 is 0 Å². The molecule has 0 radical (unpaired) electrons. The van der Waals surface area contributed by atoms with Crippen LogP contribution in [0.25, 0.3) is 0 Å². The Hall–Kier alpha value is -1.10. The molecule has 2 amide bonds. The molecule has 1 N–H and O–H groups in total. The molecule has 1 aliphatic heterocycles. The van der Waals surface area contributed by atoms with E-state index in [-0.39, 0.29) is 24.3 Å². The molecule has 5 nitrogen and oxygen atoms in total. The highest BCUT2D eigenvalue weighted by atomic mass is 16.3. The Bertz CT molecular complexity index is 353. The van der Waals surface area contributed by atoms with Crippen LogP contribution in [0.3, 0.4) is 0 Å². The second kappa shape index (κ2) is 7.07. The van der Waals surface area contributed by atoms with Crippen LogP contribution in [-0.2, 0) is 9.59 Å². The second-order valence-electron chi connectivity index (χ2n) is 5.88. The lowest BCUT2D eigenvalue weighted by atomic mass is 10.1. The first-order valence-corrected chi connectivity index (χ1v) is 7.86. The highest BCUT2D eigenvalue weighted by Gasteiger charge is 2.39. The van der Waals surface area contributed by atoms with Crippen molar-refractivity contribution in [3.05, 3.63) is 0 Å². The zero-order chi connectivity index (χ0) is 14.5. The van der Waals surface area contributed by atoms with Gasteiger partial charge in [-0.3, -0.25) is 9.59 Å². The molecule has 20 heavy (non-hydrogen) atoms. The molecule has 2 fully saturated rings. The number of aliphatic hydroxyl groups is 1. The van der Waals surface area contributed by atoms with E-state index in [4.69, 9.17) is 5.11 Å². The van der Waals surface area contributed by atoms with Crippen molar-refractivity contribution in [3.63, 3.8) is 0 Å². The lowest BCUT2D eigenvalue weighted by molar-refractivity contribution is -0.135. The minimum Gasteiger partial charge on any atom is -0.396 e. The molecule has 0 bridgehead atoms. The van der Waals surface area contributed by atoms with Gasteiger partial charge >= 0.3 is 0 Å². The van der Waals surface area contributed by atoms with Gasteiger partial charge in [-0.1, -0.05) is 12.8 Å². The summed E-state index contributed by atoms with van der Waals surface area (Å²) < 4.78 is 0. The van der Waals surface area contributed by atoms with Gasteiger partial charge in [0.2, 0.25) is 11.8 Å². The van der Waals surface area contributed by atoms with Gasteiger partial charge in [-0.2, -0.15) is 0 Å². The monoisotopic (exact) mass is 282 g/mol. The Morgan fingerprint density at radius 3 is 2.70 bits per heavy atom. The van der Waals surface area contributed by atoms with Crippen molar-refractivity contribution in [1.82, 2.24) is 9.80 Å². The second-order valence-corrected chi connectivity index (χ2v) is 5.88. The van der Waals surface area contributed by atoms with Gasteiger partial charge < -0.3 is 14.9 Å². The first kappa shape index (κ1) is 15.3. The number of likely N-dealkylation sites (tertiary alicyclic amines) is 1. The van der Waals surface area contributed by atoms with E-state index in [1.807, 2.05) is 11.8 Å². The quantitative estimate of drug-likeness (QED) is 0.791. The molecule has 2 aliphatic rings. The van der Waals surface area contributed by atoms with Crippen LogP contribution >= 0.6 is 0 Å². The van der Waals surface area contributed by atoms with Crippen LogP contribution in [0, 0.1) is 5.92 Å². The fourth-order valence-corrected chi connectivity index (χ4v) is 3.41. The van der Waals surface area contributed by atoms with E-state index in [0.717, 1.165) is 12.8 Å². The molecule has 0 aromatic rings. The number of aliphatic hydroxyl groups excluding tert-OH is 1. The smallest absolute Gasteiger partial charge is 0.227 e. The molecular weight excluding hydrogens is 256 g/mol. The highest BCUT2D eigenvalue weighted by Crippen LogP contribution is 2.30. The van der Waals surface area contributed by atoms with E-state index in [2.05, 4.69) is 0 Å². The first-order valence-electron chi connectivity index (χ1n) is 7.86. The van der Waals surface area contributed by atoms with E-state index in [0.29, 0.717) is 38.5 Å². The first-order chi connectivity index (χ1) is 9.67. The summed E-state index contributed by atoms with van der Waals surface area (Å²) in [5, 5.41) is 8.89. The summed E-state index contributed by atoms with van der Waals surface area (Å²) in [6, 6.07) is 0.368. The molecule has 2 rings (SSSR count). The number of amides is 2. The number of carbonyl (C=O) groups is 2. The average molecular weight is 282 g/mol. The van der Waals surface area contributed by atoms with Crippen LogP contribution in [0.15, 0.2) is 0 Å². The van der Waals surface area contributed by atoms with E-state index in [1.54, 1.807) is 4.90 Å². The van der Waals surface area contributed by atoms with Gasteiger partial charge in [-0.25, -0.2) is 0 Å². The molecule has 5 heteroatoms. The Morgan fingerprint density at radius 1 is 1.40 bits per heavy atom. The van der Waals surface area contributed by atoms with Gasteiger partial charge in [0.15, 0.2) is 0 Å². The number of hydrogen-bond acceptors (Lipinski definition) is 3. The zero-order valence-corrected chi connectivity index (χ0v) is 12.4. The highest BCUT2D eigenvalue weighted by molar-refractivity contribution is 5.89. The largest absolute Gasteiger partial charge is 0.396 e. The number of hydrogen-bond donors (Lipinski definition) is 1. The summed E-state index contributed by atoms with van der Waals surface area (Å²) >= 11 is 0. The van der Waals surface area contributed by atoms with Crippen LogP contribution in [-0.4, -0.2) is 59.0 Å². The van der Waals surface area contributed by atoms with Gasteiger partial charge in [0.1, 0.15) is 0 Å². The summed E-state index contributed by atoms with van der Waals surface area (Å²) in [7, 11) is 0. The molecule has 1 saturated heterocycles. The minimum atomic E-state index is -0.179. The average Bonchev–Trinajstić information content (AvgIpc) is 3.08. The van der Waals surface area contributed by atoms with Crippen LogP contribution < -0.4 is 0 Å². The van der Waals surface area contributed by atoms with E-state index in [9.17, 15) is 9.59 Å². The fraction of sp³-hybridized carbons (Fsp3) is 0.867. The van der Waals surface area contributed by atoms with Crippen LogP contribution in [0.1, 0.15) is 45.4 Å². The van der Waals surface area contributed by atoms with Crippen molar-refractivity contribution >= 4 is 11.8 Å². The van der Waals surface area contributed by atoms with Crippen molar-refractivity contribution in [1.29, 1.82) is 0 Å². The third kappa shape index (κ3) is 3.32. The lowest BCUT2D eigenvalue weighted by Gasteiger charge is -2.26. The molecular formula is C15H26N2O3. The molecule has 1 saturated carbocycles. The SMILES string of the molecule is CCN(CCCO)C(=O)C1CC(=O)N(C2CCCC2)C1. The van der Waals surface area contributed by atoms with E-state index >= 15 is 0 Å². The molecule has 1 heterocycles. The molecule has 1 aliphatic carbocycles. The van der Waals surface area contributed by atoms with Gasteiger partial charge in [0, 0.05) is 38.7 Å². The van der Waals surface area contributed by atoms with Gasteiger partial charge in [-0.15, -0.1) is 0 Å². The maximum Gasteiger partial charge on any atom is 0.227 e. The molecule has 0 spiro atoms. The van der Waals surface area contributed by atoms with Crippen molar-refractivity contribution in [2.45, 2.75) is 51.5 Å². The number of carbonyl (C=O) groups excluding carboxylic acids is 2.